The van der Waals surface area contributed by atoms with Crippen LogP contribution < -0.4 is 5.73 Å². The van der Waals surface area contributed by atoms with Gasteiger partial charge < -0.3 is 10.2 Å². The lowest BCUT2D eigenvalue weighted by molar-refractivity contribution is 0.465. The van der Waals surface area contributed by atoms with Crippen molar-refractivity contribution >= 4 is 11.1 Å². The fourth-order valence-corrected chi connectivity index (χ4v) is 1.67. The minimum Gasteiger partial charge on any atom is -0.440 e. The molecule has 0 aliphatic carbocycles. The third kappa shape index (κ3) is 1.88. The van der Waals surface area contributed by atoms with E-state index in [-0.39, 0.29) is 5.92 Å². The molecule has 1 atom stereocenters. The molecule has 1 unspecified atom stereocenters. The van der Waals surface area contributed by atoms with Gasteiger partial charge in [0, 0.05) is 12.5 Å². The summed E-state index contributed by atoms with van der Waals surface area (Å²) in [5.74, 6) is 0.998. The number of nitrogens with two attached hydrogens (primary N) is 1. The molecule has 3 nitrogen and oxygen atoms in total. The highest BCUT2D eigenvalue weighted by molar-refractivity contribution is 5.73. The molecule has 2 N–H and O–H groups in total. The van der Waals surface area contributed by atoms with Gasteiger partial charge in [0.15, 0.2) is 11.5 Å². The van der Waals surface area contributed by atoms with Crippen LogP contribution in [-0.4, -0.2) is 11.5 Å². The Kier molecular flexibility index (Phi) is 2.73. The highest BCUT2D eigenvalue weighted by atomic mass is 16.3. The third-order valence-corrected chi connectivity index (χ3v) is 2.69. The van der Waals surface area contributed by atoms with Crippen molar-refractivity contribution in [3.8, 4) is 0 Å². The Morgan fingerprint density at radius 2 is 2.27 bits per heavy atom. The number of nitrogens with zero attached hydrogens (tertiary/aromatic N) is 1. The lowest BCUT2D eigenvalue weighted by atomic mass is 10.1. The summed E-state index contributed by atoms with van der Waals surface area (Å²) in [4.78, 5) is 4.47. The molecule has 0 aliphatic rings. The summed E-state index contributed by atoms with van der Waals surface area (Å²) in [5.41, 5.74) is 8.64. The minimum absolute atomic E-state index is 0.234. The van der Waals surface area contributed by atoms with Gasteiger partial charge in [-0.15, -0.1) is 0 Å². The van der Waals surface area contributed by atoms with Crippen molar-refractivity contribution in [2.24, 2.45) is 5.73 Å². The average Bonchev–Trinajstić information content (AvgIpc) is 2.62. The molecule has 2 rings (SSSR count). The van der Waals surface area contributed by atoms with Crippen molar-refractivity contribution in [2.75, 3.05) is 6.54 Å². The second kappa shape index (κ2) is 4.03. The zero-order valence-corrected chi connectivity index (χ0v) is 9.16. The van der Waals surface area contributed by atoms with Gasteiger partial charge in [-0.3, -0.25) is 0 Å². The van der Waals surface area contributed by atoms with Crippen LogP contribution in [0.4, 0.5) is 0 Å². The predicted molar refractivity (Wildman–Crippen MR) is 60.8 cm³/mol. The number of hydrogen-bond donors (Lipinski definition) is 1. The maximum Gasteiger partial charge on any atom is 0.199 e. The van der Waals surface area contributed by atoms with E-state index in [0.29, 0.717) is 6.54 Å². The van der Waals surface area contributed by atoms with Crippen LogP contribution in [0.5, 0.6) is 0 Å². The monoisotopic (exact) mass is 204 g/mol. The molecule has 3 heteroatoms. The highest BCUT2D eigenvalue weighted by Gasteiger charge is 2.14. The van der Waals surface area contributed by atoms with Gasteiger partial charge in [0.05, 0.1) is 0 Å². The van der Waals surface area contributed by atoms with E-state index in [1.807, 2.05) is 25.1 Å². The fraction of sp³-hybridized carbons (Fsp3) is 0.417. The predicted octanol–water partition coefficient (Wildman–Crippen LogP) is 2.59. The quantitative estimate of drug-likeness (QED) is 0.836. The SMILES string of the molecule is CCC(CN)c1nc2cc(C)ccc2o1. The minimum atomic E-state index is 0.234. The molecule has 15 heavy (non-hydrogen) atoms. The number of fused-ring (bicyclic) bond motifs is 1. The number of aromatic nitrogens is 1. The molecular weight excluding hydrogens is 188 g/mol. The van der Waals surface area contributed by atoms with Gasteiger partial charge in [0.2, 0.25) is 0 Å². The van der Waals surface area contributed by atoms with Crippen molar-refractivity contribution in [2.45, 2.75) is 26.2 Å². The molecule has 0 spiro atoms. The van der Waals surface area contributed by atoms with Crippen LogP contribution in [-0.2, 0) is 0 Å². The Labute approximate surface area is 89.3 Å². The smallest absolute Gasteiger partial charge is 0.199 e. The Bertz CT molecular complexity index is 458. The molecule has 1 heterocycles. The summed E-state index contributed by atoms with van der Waals surface area (Å²) in [6.07, 6.45) is 0.961. The first kappa shape index (κ1) is 10.2. The fourth-order valence-electron chi connectivity index (χ4n) is 1.67. The standard InChI is InChI=1S/C12H16N2O/c1-3-9(7-13)12-14-10-6-8(2)4-5-11(10)15-12/h4-6,9H,3,7,13H2,1-2H3. The molecule has 0 saturated carbocycles. The van der Waals surface area contributed by atoms with Gasteiger partial charge in [0.1, 0.15) is 5.52 Å². The summed E-state index contributed by atoms with van der Waals surface area (Å²) >= 11 is 0. The van der Waals surface area contributed by atoms with Crippen molar-refractivity contribution in [3.63, 3.8) is 0 Å². The van der Waals surface area contributed by atoms with Crippen LogP contribution in [0.2, 0.25) is 0 Å². The summed E-state index contributed by atoms with van der Waals surface area (Å²) in [7, 11) is 0. The Balaban J connectivity index is 2.46. The zero-order valence-electron chi connectivity index (χ0n) is 9.16. The molecule has 0 amide bonds. The first-order chi connectivity index (χ1) is 7.24. The number of hydrogen-bond acceptors (Lipinski definition) is 3. The van der Waals surface area contributed by atoms with Crippen LogP contribution >= 0.6 is 0 Å². The van der Waals surface area contributed by atoms with E-state index in [1.165, 1.54) is 5.56 Å². The van der Waals surface area contributed by atoms with Crippen LogP contribution in [0.3, 0.4) is 0 Å². The molecule has 0 radical (unpaired) electrons. The third-order valence-electron chi connectivity index (χ3n) is 2.69. The molecule has 0 aliphatic heterocycles. The zero-order chi connectivity index (χ0) is 10.8. The van der Waals surface area contributed by atoms with Gasteiger partial charge >= 0.3 is 0 Å². The van der Waals surface area contributed by atoms with Crippen LogP contribution in [0.25, 0.3) is 11.1 Å². The Morgan fingerprint density at radius 3 is 2.93 bits per heavy atom. The maximum atomic E-state index is 5.68. The highest BCUT2D eigenvalue weighted by Crippen LogP contribution is 2.23. The van der Waals surface area contributed by atoms with Gasteiger partial charge in [-0.1, -0.05) is 13.0 Å². The van der Waals surface area contributed by atoms with E-state index in [9.17, 15) is 0 Å². The lowest BCUT2D eigenvalue weighted by Crippen LogP contribution is -2.11. The largest absolute Gasteiger partial charge is 0.440 e. The lowest BCUT2D eigenvalue weighted by Gasteiger charge is -2.05. The summed E-state index contributed by atoms with van der Waals surface area (Å²) < 4.78 is 5.68. The summed E-state index contributed by atoms with van der Waals surface area (Å²) in [6.45, 7) is 4.73. The van der Waals surface area contributed by atoms with E-state index < -0.39 is 0 Å². The van der Waals surface area contributed by atoms with Crippen molar-refractivity contribution in [3.05, 3.63) is 29.7 Å². The van der Waals surface area contributed by atoms with E-state index >= 15 is 0 Å². The molecule has 0 bridgehead atoms. The normalized spacial score (nSPS) is 13.3. The van der Waals surface area contributed by atoms with Gasteiger partial charge in [-0.25, -0.2) is 4.98 Å². The molecule has 80 valence electrons. The van der Waals surface area contributed by atoms with Crippen LogP contribution in [0, 0.1) is 6.92 Å². The maximum absolute atomic E-state index is 5.68. The van der Waals surface area contributed by atoms with Gasteiger partial charge in [-0.05, 0) is 31.0 Å². The van der Waals surface area contributed by atoms with Crippen molar-refractivity contribution < 1.29 is 4.42 Å². The topological polar surface area (TPSA) is 52.0 Å². The first-order valence-corrected chi connectivity index (χ1v) is 5.31. The molecular formula is C12H16N2O. The number of rotatable bonds is 3. The van der Waals surface area contributed by atoms with Gasteiger partial charge in [-0.2, -0.15) is 0 Å². The summed E-state index contributed by atoms with van der Waals surface area (Å²) in [6, 6.07) is 6.02. The number of oxazole rings is 1. The Hall–Kier alpha value is -1.35. The second-order valence-electron chi connectivity index (χ2n) is 3.86. The summed E-state index contributed by atoms with van der Waals surface area (Å²) in [5, 5.41) is 0. The van der Waals surface area contributed by atoms with E-state index in [1.54, 1.807) is 0 Å². The Morgan fingerprint density at radius 1 is 1.47 bits per heavy atom. The average molecular weight is 204 g/mol. The van der Waals surface area contributed by atoms with Crippen LogP contribution in [0.1, 0.15) is 30.7 Å². The first-order valence-electron chi connectivity index (χ1n) is 5.31. The molecule has 2 aromatic rings. The van der Waals surface area contributed by atoms with E-state index in [0.717, 1.165) is 23.4 Å². The van der Waals surface area contributed by atoms with Crippen LogP contribution in [0.15, 0.2) is 22.6 Å². The van der Waals surface area contributed by atoms with Crippen molar-refractivity contribution in [1.82, 2.24) is 4.98 Å². The van der Waals surface area contributed by atoms with E-state index in [2.05, 4.69) is 11.9 Å². The van der Waals surface area contributed by atoms with E-state index in [4.69, 9.17) is 10.2 Å². The molecule has 0 fully saturated rings. The number of aryl methyl sites for hydroxylation is 1. The molecule has 1 aromatic heterocycles. The molecule has 0 saturated heterocycles. The second-order valence-corrected chi connectivity index (χ2v) is 3.86. The molecule has 1 aromatic carbocycles. The van der Waals surface area contributed by atoms with Gasteiger partial charge in [0.25, 0.3) is 0 Å². The number of benzene rings is 1. The van der Waals surface area contributed by atoms with Crippen molar-refractivity contribution in [1.29, 1.82) is 0 Å².